The second kappa shape index (κ2) is 44.2. The van der Waals surface area contributed by atoms with Crippen LogP contribution in [0.3, 0.4) is 0 Å². The Balaban J connectivity index is 0.000000265. The lowest BCUT2D eigenvalue weighted by Gasteiger charge is -2.21. The Hall–Kier alpha value is -15.3. The molecule has 0 aliphatic carbocycles. The van der Waals surface area contributed by atoms with Crippen molar-refractivity contribution in [1.82, 2.24) is 0 Å². The quantitative estimate of drug-likeness (QED) is 0.0126. The standard InChI is InChI=1S/C51H55N3O11.C49H46FN3O9/c1-9-26-61-48(58)38-21-24-40(44(30-38)63-32-35-17-15-33(2)16-18-35)53-46(56)36-19-22-39(42(28-36)60-27-25-45(55)64-50(3,4)5)52-47(57)37-20-23-41(54-49(59)65-51(6,7)8)43(29-37)62-31-34-13-11-10-12-14-34;1-31-11-13-33(14-12-31)29-61-44-27-37(47(56)58-5)19-24-40(44)52-45(54)35-17-22-39(42(25-35)60-30-34-15-20-38(50)21-16-34)51-46(55)36-18-23-41(53-48(57)62-49(2,3)4)43(26-36)59-28-32-9-7-6-8-10-32/h9-24,28-30H,1,25-27,31-32H2,2-8H3,(H,52,57)(H,53,56)(H,54,59);6-27H,28-30H2,1-5H3,(H,51,55)(H,52,54)(H,53,57). The topological polar surface area (TPSA) is 327 Å². The molecule has 0 bridgehead atoms. The number of esters is 3. The normalized spacial score (nSPS) is 11.0. The third-order valence-corrected chi connectivity index (χ3v) is 18.0. The van der Waals surface area contributed by atoms with Crippen LogP contribution in [0.1, 0.15) is 170 Å². The Morgan fingerprint density at radius 1 is 0.331 bits per heavy atom. The van der Waals surface area contributed by atoms with Crippen molar-refractivity contribution in [3.8, 4) is 34.5 Å². The highest BCUT2D eigenvalue weighted by Crippen LogP contribution is 2.37. The maximum absolute atomic E-state index is 13.9. The van der Waals surface area contributed by atoms with E-state index in [9.17, 15) is 47.5 Å². The van der Waals surface area contributed by atoms with Gasteiger partial charge in [0.25, 0.3) is 23.6 Å². The monoisotopic (exact) mass is 1720 g/mol. The van der Waals surface area contributed by atoms with E-state index in [2.05, 4.69) is 38.5 Å². The third-order valence-electron chi connectivity index (χ3n) is 18.0. The van der Waals surface area contributed by atoms with Gasteiger partial charge in [-0.25, -0.2) is 23.6 Å². The number of halogens is 1. The number of anilines is 6. The molecule has 0 atom stereocenters. The molecule has 127 heavy (non-hydrogen) atoms. The molecule has 27 heteroatoms. The van der Waals surface area contributed by atoms with Crippen molar-refractivity contribution in [3.63, 3.8) is 0 Å². The average molecular weight is 1730 g/mol. The number of carbonyl (C=O) groups excluding carboxylic acids is 9. The lowest BCUT2D eigenvalue weighted by atomic mass is 10.1. The molecule has 0 saturated carbocycles. The van der Waals surface area contributed by atoms with Gasteiger partial charge < -0.3 is 73.4 Å². The molecule has 6 N–H and O–H groups in total. The summed E-state index contributed by atoms with van der Waals surface area (Å²) in [5, 5.41) is 16.8. The molecule has 0 aliphatic heterocycles. The number of benzene rings is 11. The minimum Gasteiger partial charge on any atom is -0.491 e. The summed E-state index contributed by atoms with van der Waals surface area (Å²) in [5.41, 5.74) is 6.61. The van der Waals surface area contributed by atoms with Gasteiger partial charge in [0.1, 0.15) is 96.8 Å². The fourth-order valence-electron chi connectivity index (χ4n) is 11.8. The molecule has 0 spiro atoms. The number of rotatable bonds is 33. The highest BCUT2D eigenvalue weighted by atomic mass is 19.1. The van der Waals surface area contributed by atoms with E-state index in [4.69, 9.17) is 52.1 Å². The van der Waals surface area contributed by atoms with Gasteiger partial charge >= 0.3 is 30.1 Å². The number of amides is 6. The predicted molar refractivity (Wildman–Crippen MR) is 481 cm³/mol. The van der Waals surface area contributed by atoms with E-state index in [1.54, 1.807) is 80.5 Å². The van der Waals surface area contributed by atoms with E-state index in [1.807, 2.05) is 123 Å². The molecule has 26 nitrogen and oxygen atoms in total. The number of hydrogen-bond donors (Lipinski definition) is 6. The van der Waals surface area contributed by atoms with Gasteiger partial charge in [0, 0.05) is 22.3 Å². The predicted octanol–water partition coefficient (Wildman–Crippen LogP) is 21.0. The van der Waals surface area contributed by atoms with Crippen molar-refractivity contribution < 1.29 is 99.6 Å². The fraction of sp³-hybridized carbons (Fsp3) is 0.230. The molecule has 11 rings (SSSR count). The fourth-order valence-corrected chi connectivity index (χ4v) is 11.8. The van der Waals surface area contributed by atoms with Crippen LogP contribution in [0.25, 0.3) is 0 Å². The van der Waals surface area contributed by atoms with Crippen molar-refractivity contribution in [2.45, 2.75) is 132 Å². The van der Waals surface area contributed by atoms with E-state index in [-0.39, 0.29) is 155 Å². The first-order chi connectivity index (χ1) is 60.6. The summed E-state index contributed by atoms with van der Waals surface area (Å²) in [4.78, 5) is 119. The van der Waals surface area contributed by atoms with Crippen molar-refractivity contribution in [3.05, 3.63) is 333 Å². The number of hydrogen-bond acceptors (Lipinski definition) is 20. The summed E-state index contributed by atoms with van der Waals surface area (Å²) >= 11 is 0. The van der Waals surface area contributed by atoms with Gasteiger partial charge in [0.05, 0.1) is 65.4 Å². The summed E-state index contributed by atoms with van der Waals surface area (Å²) in [6, 6.07) is 67.0. The zero-order valence-corrected chi connectivity index (χ0v) is 72.6. The number of carbonyl (C=O) groups is 9. The van der Waals surface area contributed by atoms with E-state index in [0.29, 0.717) is 5.56 Å². The summed E-state index contributed by atoms with van der Waals surface area (Å²) in [6.07, 6.45) is -0.0742. The summed E-state index contributed by atoms with van der Waals surface area (Å²) in [7, 11) is 1.27. The first-order valence-corrected chi connectivity index (χ1v) is 40.5. The molecular weight excluding hydrogens is 1620 g/mol. The van der Waals surface area contributed by atoms with Gasteiger partial charge in [-0.05, 0) is 225 Å². The molecule has 0 aliphatic rings. The van der Waals surface area contributed by atoms with Crippen LogP contribution in [0.15, 0.2) is 255 Å². The van der Waals surface area contributed by atoms with E-state index >= 15 is 0 Å². The highest BCUT2D eigenvalue weighted by Gasteiger charge is 2.26. The molecule has 0 radical (unpaired) electrons. The van der Waals surface area contributed by atoms with Crippen molar-refractivity contribution in [1.29, 1.82) is 0 Å². The Morgan fingerprint density at radius 3 is 0.913 bits per heavy atom. The van der Waals surface area contributed by atoms with Gasteiger partial charge in [-0.15, -0.1) is 0 Å². The van der Waals surface area contributed by atoms with Crippen molar-refractivity contribution in [2.24, 2.45) is 0 Å². The summed E-state index contributed by atoms with van der Waals surface area (Å²) < 4.78 is 76.8. The first kappa shape index (κ1) is 94.0. The Kier molecular flexibility index (Phi) is 32.7. The van der Waals surface area contributed by atoms with Crippen LogP contribution in [-0.2, 0) is 61.5 Å². The molecule has 11 aromatic rings. The minimum absolute atomic E-state index is 0.0132. The smallest absolute Gasteiger partial charge is 0.412 e. The molecule has 658 valence electrons. The van der Waals surface area contributed by atoms with Crippen LogP contribution in [0, 0.1) is 19.7 Å². The van der Waals surface area contributed by atoms with Crippen molar-refractivity contribution in [2.75, 3.05) is 52.2 Å². The molecule has 11 aromatic carbocycles. The van der Waals surface area contributed by atoms with Gasteiger partial charge in [-0.1, -0.05) is 145 Å². The maximum Gasteiger partial charge on any atom is 0.412 e. The Morgan fingerprint density at radius 2 is 0.606 bits per heavy atom. The van der Waals surface area contributed by atoms with E-state index in [0.717, 1.165) is 33.4 Å². The number of aryl methyl sites for hydroxylation is 2. The average Bonchev–Trinajstić information content (AvgIpc) is 0.820. The number of ether oxygens (including phenoxy) is 11. The molecule has 0 aromatic heterocycles. The second-order valence-electron chi connectivity index (χ2n) is 31.9. The number of methoxy groups -OCH3 is 1. The van der Waals surface area contributed by atoms with E-state index in [1.165, 1.54) is 128 Å². The number of nitrogens with one attached hydrogen (secondary N) is 6. The summed E-state index contributed by atoms with van der Waals surface area (Å²) in [6.45, 7) is 23.7. The minimum atomic E-state index is -0.759. The van der Waals surface area contributed by atoms with Crippen LogP contribution in [0.5, 0.6) is 34.5 Å². The van der Waals surface area contributed by atoms with Gasteiger partial charge in [-0.2, -0.15) is 0 Å². The molecule has 0 fully saturated rings. The van der Waals surface area contributed by atoms with Crippen LogP contribution < -0.4 is 60.3 Å². The van der Waals surface area contributed by atoms with Gasteiger partial charge in [0.2, 0.25) is 0 Å². The SMILES string of the molecule is C=CCOC(=O)c1ccc(NC(=O)c2ccc(NC(=O)c3ccc(NC(=O)OC(C)(C)C)c(OCc4ccccc4)c3)c(OCCC(=O)OC(C)(C)C)c2)c(OCc2ccc(C)cc2)c1.COC(=O)c1ccc(NC(=O)c2ccc(NC(=O)c3ccc(NC(=O)OC(C)(C)C)c(OCc4ccccc4)c3)c(OCc3ccc(F)cc3)c2)c(OCc2ccc(C)cc2)c1. The largest absolute Gasteiger partial charge is 0.491 e. The molecule has 0 unspecified atom stereocenters. The second-order valence-corrected chi connectivity index (χ2v) is 31.9. The lowest BCUT2D eigenvalue weighted by Crippen LogP contribution is -2.27. The first-order valence-electron chi connectivity index (χ1n) is 40.5. The van der Waals surface area contributed by atoms with Gasteiger partial charge in [0.15, 0.2) is 0 Å². The van der Waals surface area contributed by atoms with Crippen LogP contribution in [-0.4, -0.2) is 90.8 Å². The maximum atomic E-state index is 13.9. The van der Waals surface area contributed by atoms with Gasteiger partial charge in [-0.3, -0.25) is 34.6 Å². The molecular formula is C100H101FN6O20. The Labute approximate surface area is 736 Å². The van der Waals surface area contributed by atoms with Crippen LogP contribution in [0.2, 0.25) is 0 Å². The Bertz CT molecular complexity index is 5730. The molecule has 0 saturated heterocycles. The molecule has 0 heterocycles. The van der Waals surface area contributed by atoms with Crippen LogP contribution >= 0.6 is 0 Å². The van der Waals surface area contributed by atoms with Crippen molar-refractivity contribution >= 4 is 87.8 Å². The lowest BCUT2D eigenvalue weighted by molar-refractivity contribution is -0.155. The third kappa shape index (κ3) is 30.0. The van der Waals surface area contributed by atoms with E-state index < -0.39 is 76.3 Å². The summed E-state index contributed by atoms with van der Waals surface area (Å²) in [5.74, 6) is -3.26. The highest BCUT2D eigenvalue weighted by molar-refractivity contribution is 6.10. The zero-order chi connectivity index (χ0) is 91.4. The molecule has 6 amide bonds. The van der Waals surface area contributed by atoms with Crippen LogP contribution in [0.4, 0.5) is 48.1 Å². The zero-order valence-electron chi connectivity index (χ0n) is 72.6.